The number of nitro groups is 1. The van der Waals surface area contributed by atoms with E-state index in [0.29, 0.717) is 6.54 Å². The first-order chi connectivity index (χ1) is 10.7. The van der Waals surface area contributed by atoms with Crippen molar-refractivity contribution in [3.05, 3.63) is 52.6 Å². The van der Waals surface area contributed by atoms with Crippen LogP contribution in [0.4, 0.5) is 5.69 Å². The maximum Gasteiger partial charge on any atom is 0.306 e. The molecule has 8 heteroatoms. The summed E-state index contributed by atoms with van der Waals surface area (Å²) in [4.78, 5) is 16.8. The summed E-state index contributed by atoms with van der Waals surface area (Å²) >= 11 is 0. The summed E-state index contributed by atoms with van der Waals surface area (Å²) in [5, 5.41) is 18.1. The molecule has 0 spiro atoms. The molecule has 8 nitrogen and oxygen atoms in total. The highest BCUT2D eigenvalue weighted by atomic mass is 16.6. The lowest BCUT2D eigenvalue weighted by Gasteiger charge is -2.36. The molecule has 1 atom stereocenters. The molecule has 0 amide bonds. The van der Waals surface area contributed by atoms with Gasteiger partial charge in [-0.2, -0.15) is 5.10 Å². The highest BCUT2D eigenvalue weighted by Crippen LogP contribution is 2.21. The lowest BCUT2D eigenvalue weighted by atomic mass is 10.1. The molecule has 0 saturated carbocycles. The first-order valence-electron chi connectivity index (χ1n) is 7.25. The van der Waals surface area contributed by atoms with E-state index in [-0.39, 0.29) is 11.7 Å². The van der Waals surface area contributed by atoms with Gasteiger partial charge in [-0.3, -0.25) is 24.7 Å². The minimum absolute atomic E-state index is 0.0316. The topological polar surface area (TPSA) is 89.1 Å². The van der Waals surface area contributed by atoms with Gasteiger partial charge >= 0.3 is 5.69 Å². The lowest BCUT2D eigenvalue weighted by molar-refractivity contribution is -0.385. The standard InChI is InChI=1S/C14H18N6O2/c21-20(22)13-9-17-19(11-13)7-6-18-5-4-16-10-14(18)12-2-1-3-15-8-12/h1-3,8-9,11,14,16H,4-7,10H2. The highest BCUT2D eigenvalue weighted by Gasteiger charge is 2.23. The molecule has 3 rings (SSSR count). The Labute approximate surface area is 127 Å². The zero-order valence-electron chi connectivity index (χ0n) is 12.1. The monoisotopic (exact) mass is 302 g/mol. The molecule has 1 N–H and O–H groups in total. The number of pyridine rings is 1. The van der Waals surface area contributed by atoms with Crippen molar-refractivity contribution in [3.8, 4) is 0 Å². The molecule has 2 aromatic heterocycles. The molecule has 116 valence electrons. The summed E-state index contributed by atoms with van der Waals surface area (Å²) in [6.45, 7) is 4.18. The number of nitrogens with one attached hydrogen (secondary N) is 1. The predicted molar refractivity (Wildman–Crippen MR) is 80.3 cm³/mol. The minimum Gasteiger partial charge on any atom is -0.314 e. The van der Waals surface area contributed by atoms with Crippen molar-refractivity contribution in [1.82, 2.24) is 25.0 Å². The Balaban J connectivity index is 1.65. The second-order valence-electron chi connectivity index (χ2n) is 5.26. The third-order valence-electron chi connectivity index (χ3n) is 3.87. The quantitative estimate of drug-likeness (QED) is 0.650. The van der Waals surface area contributed by atoms with Gasteiger partial charge in [0.2, 0.25) is 0 Å². The summed E-state index contributed by atoms with van der Waals surface area (Å²) in [7, 11) is 0. The molecule has 1 aliphatic heterocycles. The van der Waals surface area contributed by atoms with E-state index < -0.39 is 4.92 Å². The highest BCUT2D eigenvalue weighted by molar-refractivity contribution is 5.20. The average molecular weight is 302 g/mol. The van der Waals surface area contributed by atoms with Crippen LogP contribution >= 0.6 is 0 Å². The van der Waals surface area contributed by atoms with E-state index in [0.717, 1.165) is 26.2 Å². The van der Waals surface area contributed by atoms with Crippen LogP contribution in [0.25, 0.3) is 0 Å². The minimum atomic E-state index is -0.424. The van der Waals surface area contributed by atoms with E-state index in [1.54, 1.807) is 10.9 Å². The molecule has 1 saturated heterocycles. The normalized spacial score (nSPS) is 19.2. The Morgan fingerprint density at radius 1 is 1.41 bits per heavy atom. The van der Waals surface area contributed by atoms with Crippen molar-refractivity contribution in [1.29, 1.82) is 0 Å². The van der Waals surface area contributed by atoms with E-state index in [4.69, 9.17) is 0 Å². The summed E-state index contributed by atoms with van der Waals surface area (Å²) in [6.07, 6.45) is 6.42. The van der Waals surface area contributed by atoms with Gasteiger partial charge < -0.3 is 5.32 Å². The molecule has 1 unspecified atom stereocenters. The molecule has 1 fully saturated rings. The van der Waals surface area contributed by atoms with Crippen LogP contribution < -0.4 is 5.32 Å². The second kappa shape index (κ2) is 6.63. The number of piperazine rings is 1. The molecule has 2 aromatic rings. The average Bonchev–Trinajstić information content (AvgIpc) is 3.03. The van der Waals surface area contributed by atoms with Crippen LogP contribution in [0.3, 0.4) is 0 Å². The van der Waals surface area contributed by atoms with E-state index in [2.05, 4.69) is 26.4 Å². The molecular formula is C14H18N6O2. The Hall–Kier alpha value is -2.32. The Morgan fingerprint density at radius 3 is 3.05 bits per heavy atom. The molecule has 0 bridgehead atoms. The number of rotatable bonds is 5. The first-order valence-corrected chi connectivity index (χ1v) is 7.25. The van der Waals surface area contributed by atoms with Crippen LogP contribution in [0.1, 0.15) is 11.6 Å². The largest absolute Gasteiger partial charge is 0.314 e. The molecule has 0 radical (unpaired) electrons. The van der Waals surface area contributed by atoms with Gasteiger partial charge in [0.15, 0.2) is 0 Å². The van der Waals surface area contributed by atoms with E-state index in [1.807, 2.05) is 12.3 Å². The Morgan fingerprint density at radius 2 is 2.32 bits per heavy atom. The molecule has 0 aromatic carbocycles. The maximum atomic E-state index is 10.7. The van der Waals surface area contributed by atoms with Crippen LogP contribution in [-0.2, 0) is 6.54 Å². The van der Waals surface area contributed by atoms with Crippen molar-refractivity contribution in [2.45, 2.75) is 12.6 Å². The molecule has 22 heavy (non-hydrogen) atoms. The Kier molecular flexibility index (Phi) is 4.40. The fourth-order valence-corrected chi connectivity index (χ4v) is 2.72. The molecule has 0 aliphatic carbocycles. The van der Waals surface area contributed by atoms with Crippen LogP contribution in [0, 0.1) is 10.1 Å². The van der Waals surface area contributed by atoms with Gasteiger partial charge in [0, 0.05) is 44.6 Å². The van der Waals surface area contributed by atoms with Crippen molar-refractivity contribution in [3.63, 3.8) is 0 Å². The van der Waals surface area contributed by atoms with Crippen molar-refractivity contribution >= 4 is 5.69 Å². The second-order valence-corrected chi connectivity index (χ2v) is 5.26. The third kappa shape index (κ3) is 3.29. The smallest absolute Gasteiger partial charge is 0.306 e. The van der Waals surface area contributed by atoms with Gasteiger partial charge in [-0.25, -0.2) is 0 Å². The van der Waals surface area contributed by atoms with Gasteiger partial charge in [0.05, 0.1) is 11.5 Å². The van der Waals surface area contributed by atoms with Crippen molar-refractivity contribution < 1.29 is 4.92 Å². The van der Waals surface area contributed by atoms with Crippen LogP contribution in [0.5, 0.6) is 0 Å². The van der Waals surface area contributed by atoms with Gasteiger partial charge in [-0.1, -0.05) is 6.07 Å². The number of nitrogens with zero attached hydrogens (tertiary/aromatic N) is 5. The molecular weight excluding hydrogens is 284 g/mol. The zero-order chi connectivity index (χ0) is 15.4. The van der Waals surface area contributed by atoms with Crippen LogP contribution in [-0.4, -0.2) is 50.8 Å². The number of hydrogen-bond acceptors (Lipinski definition) is 6. The zero-order valence-corrected chi connectivity index (χ0v) is 12.1. The van der Waals surface area contributed by atoms with Crippen molar-refractivity contribution in [2.75, 3.05) is 26.2 Å². The fourth-order valence-electron chi connectivity index (χ4n) is 2.72. The van der Waals surface area contributed by atoms with Crippen molar-refractivity contribution in [2.24, 2.45) is 0 Å². The van der Waals surface area contributed by atoms with E-state index in [9.17, 15) is 10.1 Å². The van der Waals surface area contributed by atoms with E-state index >= 15 is 0 Å². The predicted octanol–water partition coefficient (Wildman–Crippen LogP) is 0.833. The fraction of sp³-hybridized carbons (Fsp3) is 0.429. The molecule has 3 heterocycles. The van der Waals surface area contributed by atoms with Crippen LogP contribution in [0.15, 0.2) is 36.9 Å². The van der Waals surface area contributed by atoms with Gasteiger partial charge in [-0.15, -0.1) is 0 Å². The number of hydrogen-bond donors (Lipinski definition) is 1. The van der Waals surface area contributed by atoms with Gasteiger partial charge in [0.1, 0.15) is 12.4 Å². The molecule has 1 aliphatic rings. The van der Waals surface area contributed by atoms with Crippen LogP contribution in [0.2, 0.25) is 0 Å². The lowest BCUT2D eigenvalue weighted by Crippen LogP contribution is -2.47. The summed E-state index contributed by atoms with van der Waals surface area (Å²) in [5.74, 6) is 0. The number of aromatic nitrogens is 3. The maximum absolute atomic E-state index is 10.7. The first kappa shape index (κ1) is 14.6. The SMILES string of the molecule is O=[N+]([O-])c1cnn(CCN2CCNCC2c2cccnc2)c1. The summed E-state index contributed by atoms with van der Waals surface area (Å²) in [6, 6.07) is 4.29. The van der Waals surface area contributed by atoms with E-state index in [1.165, 1.54) is 18.0 Å². The third-order valence-corrected chi connectivity index (χ3v) is 3.87. The Bertz CT molecular complexity index is 629. The van der Waals surface area contributed by atoms with Gasteiger partial charge in [0.25, 0.3) is 0 Å². The summed E-state index contributed by atoms with van der Waals surface area (Å²) < 4.78 is 1.63. The summed E-state index contributed by atoms with van der Waals surface area (Å²) in [5.41, 5.74) is 1.21. The van der Waals surface area contributed by atoms with Gasteiger partial charge in [-0.05, 0) is 11.6 Å².